The van der Waals surface area contributed by atoms with Gasteiger partial charge in [-0.25, -0.2) is 4.98 Å². The van der Waals surface area contributed by atoms with E-state index in [1.807, 2.05) is 28.8 Å². The summed E-state index contributed by atoms with van der Waals surface area (Å²) in [6.45, 7) is 0. The Morgan fingerprint density at radius 1 is 1.28 bits per heavy atom. The summed E-state index contributed by atoms with van der Waals surface area (Å²) in [4.78, 5) is 16.5. The van der Waals surface area contributed by atoms with Crippen molar-refractivity contribution in [2.45, 2.75) is 38.1 Å². The van der Waals surface area contributed by atoms with Gasteiger partial charge in [0.2, 0.25) is 0 Å². The van der Waals surface area contributed by atoms with Crippen LogP contribution in [0.4, 0.5) is 0 Å². The van der Waals surface area contributed by atoms with Gasteiger partial charge in [-0.2, -0.15) is 0 Å². The minimum atomic E-state index is 0.00509. The standard InChI is InChI=1S/C14H17N3O/c18-14(16-11-5-2-1-3-6-11)12-7-4-8-13-15-9-10-17(12)13/h4,7-11H,1-3,5-6H2,(H,16,18). The van der Waals surface area contributed by atoms with E-state index in [2.05, 4.69) is 10.3 Å². The number of nitrogens with zero attached hydrogens (tertiary/aromatic N) is 2. The summed E-state index contributed by atoms with van der Waals surface area (Å²) in [5, 5.41) is 3.13. The Kier molecular flexibility index (Phi) is 3.00. The van der Waals surface area contributed by atoms with Crippen LogP contribution in [0.2, 0.25) is 0 Å². The second-order valence-corrected chi connectivity index (χ2v) is 4.87. The maximum absolute atomic E-state index is 12.3. The predicted molar refractivity (Wildman–Crippen MR) is 69.5 cm³/mol. The molecule has 0 aliphatic heterocycles. The van der Waals surface area contributed by atoms with Crippen LogP contribution in [0.5, 0.6) is 0 Å². The fraction of sp³-hybridized carbons (Fsp3) is 0.429. The summed E-state index contributed by atoms with van der Waals surface area (Å²) >= 11 is 0. The van der Waals surface area contributed by atoms with E-state index in [1.54, 1.807) is 6.20 Å². The lowest BCUT2D eigenvalue weighted by atomic mass is 9.95. The zero-order valence-corrected chi connectivity index (χ0v) is 10.3. The average molecular weight is 243 g/mol. The van der Waals surface area contributed by atoms with Crippen LogP contribution >= 0.6 is 0 Å². The van der Waals surface area contributed by atoms with Crippen molar-refractivity contribution in [2.24, 2.45) is 0 Å². The van der Waals surface area contributed by atoms with Gasteiger partial charge < -0.3 is 5.32 Å². The van der Waals surface area contributed by atoms with Gasteiger partial charge in [-0.1, -0.05) is 25.3 Å². The van der Waals surface area contributed by atoms with Gasteiger partial charge in [-0.15, -0.1) is 0 Å². The zero-order chi connectivity index (χ0) is 12.4. The van der Waals surface area contributed by atoms with E-state index in [0.29, 0.717) is 11.7 Å². The normalized spacial score (nSPS) is 16.9. The number of fused-ring (bicyclic) bond motifs is 1. The van der Waals surface area contributed by atoms with Gasteiger partial charge in [0.05, 0.1) is 0 Å². The molecule has 1 amide bonds. The Labute approximate surface area is 106 Å². The highest BCUT2D eigenvalue weighted by Gasteiger charge is 2.17. The van der Waals surface area contributed by atoms with E-state index in [9.17, 15) is 4.79 Å². The third-order valence-electron chi connectivity index (χ3n) is 3.60. The molecule has 0 saturated heterocycles. The number of carbonyl (C=O) groups excluding carboxylic acids is 1. The van der Waals surface area contributed by atoms with Crippen LogP contribution in [0.25, 0.3) is 5.65 Å². The van der Waals surface area contributed by atoms with Crippen LogP contribution in [0.1, 0.15) is 42.6 Å². The number of pyridine rings is 1. The molecule has 2 aromatic heterocycles. The molecule has 2 aromatic rings. The van der Waals surface area contributed by atoms with Crippen LogP contribution in [-0.4, -0.2) is 21.3 Å². The molecule has 94 valence electrons. The van der Waals surface area contributed by atoms with Crippen molar-refractivity contribution in [1.29, 1.82) is 0 Å². The van der Waals surface area contributed by atoms with Gasteiger partial charge in [0.1, 0.15) is 11.3 Å². The van der Waals surface area contributed by atoms with Crippen molar-refractivity contribution >= 4 is 11.6 Å². The Morgan fingerprint density at radius 3 is 2.94 bits per heavy atom. The summed E-state index contributed by atoms with van der Waals surface area (Å²) in [6.07, 6.45) is 9.49. The molecular formula is C14H17N3O. The third-order valence-corrected chi connectivity index (χ3v) is 3.60. The van der Waals surface area contributed by atoms with Crippen LogP contribution in [0, 0.1) is 0 Å². The van der Waals surface area contributed by atoms with E-state index in [0.717, 1.165) is 18.5 Å². The second-order valence-electron chi connectivity index (χ2n) is 4.87. The number of imidazole rings is 1. The SMILES string of the molecule is O=C(NC1CCCCC1)c1cccc2nccn12. The first-order valence-corrected chi connectivity index (χ1v) is 6.57. The Morgan fingerprint density at radius 2 is 2.11 bits per heavy atom. The van der Waals surface area contributed by atoms with Crippen molar-refractivity contribution in [1.82, 2.24) is 14.7 Å². The van der Waals surface area contributed by atoms with E-state index >= 15 is 0 Å². The first kappa shape index (κ1) is 11.3. The molecule has 2 heterocycles. The molecule has 18 heavy (non-hydrogen) atoms. The van der Waals surface area contributed by atoms with Crippen molar-refractivity contribution in [2.75, 3.05) is 0 Å². The van der Waals surface area contributed by atoms with Crippen LogP contribution in [0.3, 0.4) is 0 Å². The van der Waals surface area contributed by atoms with Gasteiger partial charge in [0.25, 0.3) is 5.91 Å². The smallest absolute Gasteiger partial charge is 0.268 e. The second kappa shape index (κ2) is 4.80. The molecular weight excluding hydrogens is 226 g/mol. The molecule has 4 heteroatoms. The summed E-state index contributed by atoms with van der Waals surface area (Å²) in [7, 11) is 0. The number of amides is 1. The van der Waals surface area contributed by atoms with Gasteiger partial charge in [-0.3, -0.25) is 9.20 Å². The number of nitrogens with one attached hydrogen (secondary N) is 1. The lowest BCUT2D eigenvalue weighted by Crippen LogP contribution is -2.36. The fourth-order valence-electron chi connectivity index (χ4n) is 2.64. The zero-order valence-electron chi connectivity index (χ0n) is 10.3. The number of carbonyl (C=O) groups is 1. The van der Waals surface area contributed by atoms with Gasteiger partial charge in [0.15, 0.2) is 0 Å². The highest BCUT2D eigenvalue weighted by atomic mass is 16.2. The molecule has 0 atom stereocenters. The Hall–Kier alpha value is -1.84. The molecule has 0 bridgehead atoms. The first-order chi connectivity index (χ1) is 8.84. The Balaban J connectivity index is 1.81. The van der Waals surface area contributed by atoms with Crippen molar-refractivity contribution in [3.05, 3.63) is 36.3 Å². The molecule has 0 radical (unpaired) electrons. The van der Waals surface area contributed by atoms with E-state index in [-0.39, 0.29) is 5.91 Å². The largest absolute Gasteiger partial charge is 0.348 e. The summed E-state index contributed by atoms with van der Waals surface area (Å²) in [5.41, 5.74) is 1.47. The minimum absolute atomic E-state index is 0.00509. The van der Waals surface area contributed by atoms with Crippen molar-refractivity contribution < 1.29 is 4.79 Å². The van der Waals surface area contributed by atoms with E-state index in [1.165, 1.54) is 19.3 Å². The average Bonchev–Trinajstić information content (AvgIpc) is 2.87. The fourth-order valence-corrected chi connectivity index (χ4v) is 2.64. The number of hydrogen-bond donors (Lipinski definition) is 1. The van der Waals surface area contributed by atoms with Crippen molar-refractivity contribution in [3.8, 4) is 0 Å². The van der Waals surface area contributed by atoms with Crippen LogP contribution in [0.15, 0.2) is 30.6 Å². The maximum Gasteiger partial charge on any atom is 0.268 e. The minimum Gasteiger partial charge on any atom is -0.348 e. The van der Waals surface area contributed by atoms with Gasteiger partial charge >= 0.3 is 0 Å². The lowest BCUT2D eigenvalue weighted by molar-refractivity contribution is 0.0921. The molecule has 0 aromatic carbocycles. The molecule has 4 nitrogen and oxygen atoms in total. The van der Waals surface area contributed by atoms with E-state index in [4.69, 9.17) is 0 Å². The third kappa shape index (κ3) is 2.10. The summed E-state index contributed by atoms with van der Waals surface area (Å²) in [5.74, 6) is 0.00509. The molecule has 1 saturated carbocycles. The van der Waals surface area contributed by atoms with Gasteiger partial charge in [-0.05, 0) is 25.0 Å². The molecule has 1 aliphatic rings. The van der Waals surface area contributed by atoms with Crippen LogP contribution in [-0.2, 0) is 0 Å². The lowest BCUT2D eigenvalue weighted by Gasteiger charge is -2.22. The number of hydrogen-bond acceptors (Lipinski definition) is 2. The summed E-state index contributed by atoms with van der Waals surface area (Å²) < 4.78 is 1.83. The molecule has 1 N–H and O–H groups in total. The van der Waals surface area contributed by atoms with Crippen LogP contribution < -0.4 is 5.32 Å². The number of rotatable bonds is 2. The molecule has 3 rings (SSSR count). The summed E-state index contributed by atoms with van der Waals surface area (Å²) in [6, 6.07) is 5.95. The molecule has 0 unspecified atom stereocenters. The highest BCUT2D eigenvalue weighted by Crippen LogP contribution is 2.18. The Bertz CT molecular complexity index is 555. The molecule has 1 aliphatic carbocycles. The maximum atomic E-state index is 12.3. The monoisotopic (exact) mass is 243 g/mol. The molecule has 0 spiro atoms. The highest BCUT2D eigenvalue weighted by molar-refractivity contribution is 5.93. The van der Waals surface area contributed by atoms with Gasteiger partial charge in [0, 0.05) is 18.4 Å². The quantitative estimate of drug-likeness (QED) is 0.880. The molecule has 1 fully saturated rings. The number of aromatic nitrogens is 2. The van der Waals surface area contributed by atoms with E-state index < -0.39 is 0 Å². The first-order valence-electron chi connectivity index (χ1n) is 6.57. The van der Waals surface area contributed by atoms with Crippen molar-refractivity contribution in [3.63, 3.8) is 0 Å². The predicted octanol–water partition coefficient (Wildman–Crippen LogP) is 2.40. The topological polar surface area (TPSA) is 46.4 Å².